The summed E-state index contributed by atoms with van der Waals surface area (Å²) < 4.78 is -0.846. The lowest BCUT2D eigenvalue weighted by molar-refractivity contribution is 0.218. The molecule has 0 radical (unpaired) electrons. The minimum absolute atomic E-state index is 0.235. The van der Waals surface area contributed by atoms with Crippen molar-refractivity contribution in [1.82, 2.24) is 5.32 Å². The number of hydrogen-bond donors (Lipinski definition) is 2. The Morgan fingerprint density at radius 3 is 2.30 bits per heavy atom. The van der Waals surface area contributed by atoms with Gasteiger partial charge in [0.25, 0.3) is 0 Å². The maximum absolute atomic E-state index is 10.5. The van der Waals surface area contributed by atoms with Crippen LogP contribution in [0.3, 0.4) is 0 Å². The van der Waals surface area contributed by atoms with Crippen molar-refractivity contribution in [2.24, 2.45) is 21.6 Å². The van der Waals surface area contributed by atoms with E-state index in [1.165, 1.54) is 0 Å². The van der Waals surface area contributed by atoms with Crippen molar-refractivity contribution in [3.05, 3.63) is 47.7 Å². The van der Waals surface area contributed by atoms with E-state index in [4.69, 9.17) is 10.7 Å². The minimum atomic E-state index is -1.28. The third-order valence-corrected chi connectivity index (χ3v) is 8.09. The van der Waals surface area contributed by atoms with Gasteiger partial charge in [0, 0.05) is 5.70 Å². The molecule has 0 unspecified atom stereocenters. The van der Waals surface area contributed by atoms with Crippen molar-refractivity contribution in [3.63, 3.8) is 0 Å². The van der Waals surface area contributed by atoms with Crippen molar-refractivity contribution in [2.45, 2.75) is 31.0 Å². The normalized spacial score (nSPS) is 30.9. The van der Waals surface area contributed by atoms with E-state index in [0.29, 0.717) is 0 Å². The molecule has 27 heavy (non-hydrogen) atoms. The number of nitrogens with one attached hydrogen (secondary N) is 1. The van der Waals surface area contributed by atoms with Gasteiger partial charge in [0.2, 0.25) is 0 Å². The number of aliphatic imine (C=N–C) groups is 1. The molecule has 2 heterocycles. The van der Waals surface area contributed by atoms with E-state index >= 15 is 0 Å². The zero-order valence-corrected chi connectivity index (χ0v) is 17.3. The monoisotopic (exact) mass is 397 g/mol. The number of hydrogen-bond acceptors (Lipinski definition) is 7. The number of allylic oxidation sites excluding steroid dienone is 1. The summed E-state index contributed by atoms with van der Waals surface area (Å²) in [5.74, 6) is 1.77. The van der Waals surface area contributed by atoms with Gasteiger partial charge in [0.1, 0.15) is 11.3 Å². The van der Waals surface area contributed by atoms with E-state index in [1.807, 2.05) is 57.2 Å². The number of nitrogens with two attached hydrogens (primary N) is 1. The maximum Gasteiger partial charge on any atom is 0.178 e. The van der Waals surface area contributed by atoms with Crippen LogP contribution in [0, 0.1) is 33.5 Å². The molecule has 0 aromatic heterocycles. The molecule has 1 aromatic carbocycles. The van der Waals surface area contributed by atoms with E-state index in [0.717, 1.165) is 22.8 Å². The van der Waals surface area contributed by atoms with Crippen molar-refractivity contribution in [2.75, 3.05) is 11.5 Å². The lowest BCUT2D eigenvalue weighted by atomic mass is 9.58. The number of rotatable bonds is 5. The molecule has 3 rings (SSSR count). The first kappa shape index (κ1) is 19.7. The molecular weight excluding hydrogens is 374 g/mol. The average Bonchev–Trinajstić information content (AvgIpc) is 2.88. The Kier molecular flexibility index (Phi) is 5.20. The summed E-state index contributed by atoms with van der Waals surface area (Å²) in [6.07, 6.45) is 1.88. The molecule has 0 saturated carbocycles. The highest BCUT2D eigenvalue weighted by Crippen LogP contribution is 2.68. The second-order valence-corrected chi connectivity index (χ2v) is 9.77. The van der Waals surface area contributed by atoms with Gasteiger partial charge in [-0.15, -0.1) is 23.5 Å². The molecule has 2 aliphatic rings. The summed E-state index contributed by atoms with van der Waals surface area (Å²) in [6.45, 7) is 6.01. The fourth-order valence-corrected chi connectivity index (χ4v) is 7.31. The molecular formula is C20H23N5S2. The van der Waals surface area contributed by atoms with Crippen molar-refractivity contribution < 1.29 is 0 Å². The smallest absolute Gasteiger partial charge is 0.178 e. The molecule has 3 N–H and O–H groups in total. The highest BCUT2D eigenvalue weighted by Gasteiger charge is 2.74. The first-order chi connectivity index (χ1) is 13.0. The van der Waals surface area contributed by atoms with Crippen molar-refractivity contribution in [3.8, 4) is 12.1 Å². The van der Waals surface area contributed by atoms with Crippen LogP contribution in [0.5, 0.6) is 0 Å². The van der Waals surface area contributed by atoms with E-state index in [9.17, 15) is 10.5 Å². The Hall–Kier alpha value is -2.09. The first-order valence-electron chi connectivity index (χ1n) is 8.94. The van der Waals surface area contributed by atoms with Crippen LogP contribution < -0.4 is 11.1 Å². The van der Waals surface area contributed by atoms with Gasteiger partial charge in [-0.05, 0) is 30.1 Å². The zero-order valence-electron chi connectivity index (χ0n) is 15.7. The standard InChI is InChI=1S/C20H23N5S2/c1-4-26-20(27-5-2)18(12-21)11-14(3)24-16(15-9-7-6-8-10-15)19(18,13-22)17(23)25-20/h6-11,16,24H,4-5H2,1-3H3,(H2,23,25)/t16-,18-,19-/m1/s1. The molecule has 5 nitrogen and oxygen atoms in total. The number of amidine groups is 1. The minimum Gasteiger partial charge on any atom is -0.386 e. The SMILES string of the molecule is CCSC1(SCC)N=C(N)[C@@]2(C#N)[C@@H](c3ccccc3)NC(C)=C[C@]12C#N. The highest BCUT2D eigenvalue weighted by atomic mass is 32.2. The maximum atomic E-state index is 10.5. The summed E-state index contributed by atoms with van der Waals surface area (Å²) in [5, 5.41) is 24.4. The second-order valence-electron chi connectivity index (χ2n) is 6.60. The van der Waals surface area contributed by atoms with Gasteiger partial charge in [-0.2, -0.15) is 10.5 Å². The Morgan fingerprint density at radius 1 is 1.15 bits per heavy atom. The van der Waals surface area contributed by atoms with Crippen LogP contribution in [-0.2, 0) is 0 Å². The van der Waals surface area contributed by atoms with Crippen LogP contribution in [0.15, 0.2) is 47.1 Å². The van der Waals surface area contributed by atoms with Crippen molar-refractivity contribution >= 4 is 29.4 Å². The quantitative estimate of drug-likeness (QED) is 0.734. The molecule has 140 valence electrons. The molecule has 1 aromatic rings. The second kappa shape index (κ2) is 7.14. The van der Waals surface area contributed by atoms with Gasteiger partial charge in [0.05, 0.1) is 18.2 Å². The van der Waals surface area contributed by atoms with Crippen LogP contribution in [0.4, 0.5) is 0 Å². The number of nitriles is 2. The van der Waals surface area contributed by atoms with Gasteiger partial charge >= 0.3 is 0 Å². The van der Waals surface area contributed by atoms with E-state index < -0.39 is 21.1 Å². The van der Waals surface area contributed by atoms with Gasteiger partial charge in [-0.3, -0.25) is 0 Å². The molecule has 0 bridgehead atoms. The van der Waals surface area contributed by atoms with Crippen LogP contribution in [0.25, 0.3) is 0 Å². The van der Waals surface area contributed by atoms with E-state index in [2.05, 4.69) is 17.5 Å². The van der Waals surface area contributed by atoms with Crippen LogP contribution >= 0.6 is 23.5 Å². The number of nitrogens with zero attached hydrogens (tertiary/aromatic N) is 3. The van der Waals surface area contributed by atoms with Gasteiger partial charge in [-0.25, -0.2) is 4.99 Å². The third kappa shape index (κ3) is 2.49. The Balaban J connectivity index is 2.35. The van der Waals surface area contributed by atoms with Gasteiger partial charge < -0.3 is 11.1 Å². The van der Waals surface area contributed by atoms with Crippen LogP contribution in [-0.4, -0.2) is 21.5 Å². The van der Waals surface area contributed by atoms with Crippen LogP contribution in [0.2, 0.25) is 0 Å². The summed E-state index contributed by atoms with van der Waals surface area (Å²) in [5.41, 5.74) is 5.81. The van der Waals surface area contributed by atoms with Crippen LogP contribution in [0.1, 0.15) is 32.4 Å². The lowest BCUT2D eigenvalue weighted by Gasteiger charge is -2.49. The Labute approximate surface area is 169 Å². The molecule has 0 amide bonds. The molecule has 7 heteroatoms. The molecule has 2 aliphatic heterocycles. The average molecular weight is 398 g/mol. The Bertz CT molecular complexity index is 861. The molecule has 0 fully saturated rings. The summed E-state index contributed by atoms with van der Waals surface area (Å²) >= 11 is 3.17. The summed E-state index contributed by atoms with van der Waals surface area (Å²) in [4.78, 5) is 4.83. The number of fused-ring (bicyclic) bond motifs is 1. The Morgan fingerprint density at radius 2 is 1.78 bits per heavy atom. The third-order valence-electron chi connectivity index (χ3n) is 5.20. The van der Waals surface area contributed by atoms with Crippen molar-refractivity contribution in [1.29, 1.82) is 10.5 Å². The van der Waals surface area contributed by atoms with Gasteiger partial charge in [-0.1, -0.05) is 44.2 Å². The predicted molar refractivity (Wildman–Crippen MR) is 113 cm³/mol. The zero-order chi connectivity index (χ0) is 19.7. The first-order valence-corrected chi connectivity index (χ1v) is 10.9. The summed E-state index contributed by atoms with van der Waals surface area (Å²) in [6, 6.07) is 14.2. The molecule has 3 atom stereocenters. The fraction of sp³-hybridized carbons (Fsp3) is 0.450. The van der Waals surface area contributed by atoms with Gasteiger partial charge in [0.15, 0.2) is 9.62 Å². The topological polar surface area (TPSA) is 98.0 Å². The summed E-state index contributed by atoms with van der Waals surface area (Å²) in [7, 11) is 0. The highest BCUT2D eigenvalue weighted by molar-refractivity contribution is 8.18. The lowest BCUT2D eigenvalue weighted by Crippen LogP contribution is -2.59. The van der Waals surface area contributed by atoms with E-state index in [1.54, 1.807) is 23.5 Å². The largest absolute Gasteiger partial charge is 0.386 e. The molecule has 0 aliphatic carbocycles. The fourth-order valence-electron chi connectivity index (χ4n) is 4.17. The molecule has 0 saturated heterocycles. The van der Waals surface area contributed by atoms with E-state index in [-0.39, 0.29) is 5.84 Å². The molecule has 0 spiro atoms. The number of benzene rings is 1. The predicted octanol–water partition coefficient (Wildman–Crippen LogP) is 3.79. The number of thioether (sulfide) groups is 2.